The van der Waals surface area contributed by atoms with Crippen LogP contribution in [-0.4, -0.2) is 58.7 Å². The molecule has 8 nitrogen and oxygen atoms in total. The van der Waals surface area contributed by atoms with Crippen molar-refractivity contribution in [2.45, 2.75) is 51.2 Å². The smallest absolute Gasteiger partial charge is 0.416 e. The minimum Gasteiger partial charge on any atom is -0.483 e. The van der Waals surface area contributed by atoms with Crippen LogP contribution in [-0.2, 0) is 36.9 Å². The number of carbonyl (C=O) groups excluding carboxylic acids is 1. The van der Waals surface area contributed by atoms with Crippen LogP contribution in [0.25, 0.3) is 10.9 Å². The van der Waals surface area contributed by atoms with Crippen molar-refractivity contribution in [2.75, 3.05) is 23.7 Å². The molecule has 0 bridgehead atoms. The standard InChI is InChI=1S/C32H35F3N4O2S.CH2O2/c1-3-39-20-23-12-13-42-38(2)27-16-24(17-28(39)30(23)27)31(41)37-26(15-21-8-5-4-6-9-21)29(40)19-36-18-22-10-7-11-25(14-22)32(33,34)35;2-1-3/h4-11,14,16-17,20,26,29,36,40H,3,12-13,15,18-19H2,1-2H3,(H,37,41);1H,(H,2,3)/t26-,29+;/m0./s1. The molecule has 0 saturated heterocycles. The molecule has 1 amide bonds. The van der Waals surface area contributed by atoms with Crippen LogP contribution in [0.1, 0.15) is 39.5 Å². The Morgan fingerprint density at radius 2 is 1.80 bits per heavy atom. The Kier molecular flexibility index (Phi) is 11.5. The lowest BCUT2D eigenvalue weighted by Crippen LogP contribution is -2.48. The summed E-state index contributed by atoms with van der Waals surface area (Å²) < 4.78 is 43.6. The van der Waals surface area contributed by atoms with E-state index in [9.17, 15) is 23.1 Å². The van der Waals surface area contributed by atoms with Crippen molar-refractivity contribution in [1.29, 1.82) is 0 Å². The molecular formula is C33H37F3N4O4S. The van der Waals surface area contributed by atoms with Crippen LogP contribution in [0.2, 0.25) is 0 Å². The predicted octanol–water partition coefficient (Wildman–Crippen LogP) is 5.51. The van der Waals surface area contributed by atoms with E-state index in [2.05, 4.69) is 32.6 Å². The van der Waals surface area contributed by atoms with Gasteiger partial charge in [0.05, 0.1) is 28.9 Å². The number of hydrogen-bond donors (Lipinski definition) is 4. The van der Waals surface area contributed by atoms with E-state index in [1.807, 2.05) is 49.5 Å². The van der Waals surface area contributed by atoms with Gasteiger partial charge in [0.2, 0.25) is 0 Å². The normalized spacial score (nSPS) is 14.2. The third kappa shape index (κ3) is 8.59. The largest absolute Gasteiger partial charge is 0.483 e. The lowest BCUT2D eigenvalue weighted by Gasteiger charge is -2.25. The van der Waals surface area contributed by atoms with Crippen molar-refractivity contribution in [1.82, 2.24) is 15.2 Å². The molecular weight excluding hydrogens is 605 g/mol. The van der Waals surface area contributed by atoms with Crippen molar-refractivity contribution >= 4 is 40.9 Å². The summed E-state index contributed by atoms with van der Waals surface area (Å²) in [5.74, 6) is 0.660. The fraction of sp³-hybridized carbons (Fsp3) is 0.333. The second kappa shape index (κ2) is 15.3. The average molecular weight is 643 g/mol. The van der Waals surface area contributed by atoms with Gasteiger partial charge in [0, 0.05) is 49.6 Å². The fourth-order valence-electron chi connectivity index (χ4n) is 5.45. The van der Waals surface area contributed by atoms with Gasteiger partial charge in [0.15, 0.2) is 0 Å². The van der Waals surface area contributed by atoms with E-state index in [0.29, 0.717) is 17.5 Å². The number of aliphatic hydroxyl groups excluding tert-OH is 1. The molecule has 0 spiro atoms. The fourth-order valence-corrected chi connectivity index (χ4v) is 6.32. The minimum atomic E-state index is -4.42. The number of anilines is 1. The van der Waals surface area contributed by atoms with E-state index in [-0.39, 0.29) is 25.5 Å². The quantitative estimate of drug-likeness (QED) is 0.134. The molecule has 0 aliphatic carbocycles. The number of halogens is 3. The Balaban J connectivity index is 0.00000148. The predicted molar refractivity (Wildman–Crippen MR) is 171 cm³/mol. The number of nitrogens with zero attached hydrogens (tertiary/aromatic N) is 2. The molecule has 1 aromatic heterocycles. The zero-order chi connectivity index (χ0) is 32.6. The van der Waals surface area contributed by atoms with Crippen LogP contribution in [0, 0.1) is 0 Å². The monoisotopic (exact) mass is 642 g/mol. The van der Waals surface area contributed by atoms with E-state index in [1.165, 1.54) is 17.0 Å². The lowest BCUT2D eigenvalue weighted by molar-refractivity contribution is -0.137. The van der Waals surface area contributed by atoms with Gasteiger partial charge in [-0.05, 0) is 66.6 Å². The highest BCUT2D eigenvalue weighted by Crippen LogP contribution is 2.38. The number of rotatable bonds is 10. The number of alkyl halides is 3. The van der Waals surface area contributed by atoms with Gasteiger partial charge in [-0.25, -0.2) is 0 Å². The number of carbonyl (C=O) groups is 2. The highest BCUT2D eigenvalue weighted by molar-refractivity contribution is 8.00. The summed E-state index contributed by atoms with van der Waals surface area (Å²) in [5, 5.41) is 25.4. The van der Waals surface area contributed by atoms with Crippen molar-refractivity contribution in [3.05, 3.63) is 101 Å². The van der Waals surface area contributed by atoms with E-state index < -0.39 is 23.9 Å². The Bertz CT molecular complexity index is 1600. The molecule has 5 rings (SSSR count). The number of aliphatic hydroxyl groups is 1. The van der Waals surface area contributed by atoms with E-state index in [0.717, 1.165) is 47.6 Å². The number of nitrogens with one attached hydrogen (secondary N) is 2. The highest BCUT2D eigenvalue weighted by Gasteiger charge is 2.30. The molecule has 1 aliphatic rings. The van der Waals surface area contributed by atoms with Gasteiger partial charge in [-0.3, -0.25) is 9.59 Å². The topological polar surface area (TPSA) is 107 Å². The van der Waals surface area contributed by atoms with Crippen molar-refractivity contribution in [3.8, 4) is 0 Å². The third-order valence-corrected chi connectivity index (χ3v) is 8.62. The Labute approximate surface area is 264 Å². The van der Waals surface area contributed by atoms with Crippen LogP contribution in [0.4, 0.5) is 18.9 Å². The molecule has 2 heterocycles. The van der Waals surface area contributed by atoms with Gasteiger partial charge < -0.3 is 29.7 Å². The van der Waals surface area contributed by atoms with Gasteiger partial charge in [0.25, 0.3) is 12.4 Å². The Hall–Kier alpha value is -4.00. The first-order valence-electron chi connectivity index (χ1n) is 14.6. The van der Waals surface area contributed by atoms with Crippen LogP contribution in [0.15, 0.2) is 72.9 Å². The van der Waals surface area contributed by atoms with E-state index in [1.54, 1.807) is 18.0 Å². The van der Waals surface area contributed by atoms with Gasteiger partial charge in [-0.1, -0.05) is 48.5 Å². The van der Waals surface area contributed by atoms with Gasteiger partial charge in [0.1, 0.15) is 0 Å². The van der Waals surface area contributed by atoms with Gasteiger partial charge in [-0.15, -0.1) is 0 Å². The second-order valence-corrected chi connectivity index (χ2v) is 11.9. The van der Waals surface area contributed by atoms with Gasteiger partial charge in [-0.2, -0.15) is 13.2 Å². The first-order chi connectivity index (χ1) is 21.5. The zero-order valence-electron chi connectivity index (χ0n) is 25.1. The number of benzene rings is 3. The van der Waals surface area contributed by atoms with Crippen molar-refractivity contribution in [2.24, 2.45) is 0 Å². The molecule has 1 aliphatic heterocycles. The SMILES string of the molecule is CCn1cc2c3c(cc(C(=O)N[C@@H](Cc4ccccc4)[C@H](O)CNCc4cccc(C(F)(F)F)c4)cc31)N(C)SCC2.O=CO. The lowest BCUT2D eigenvalue weighted by atomic mass is 9.99. The molecule has 0 fully saturated rings. The second-order valence-electron chi connectivity index (χ2n) is 10.7. The number of amides is 1. The minimum absolute atomic E-state index is 0.0831. The molecule has 4 N–H and O–H groups in total. The average Bonchev–Trinajstić information content (AvgIpc) is 3.29. The maximum absolute atomic E-state index is 13.7. The first-order valence-corrected chi connectivity index (χ1v) is 15.5. The molecule has 3 aromatic carbocycles. The number of hydrogen-bond acceptors (Lipinski definition) is 6. The summed E-state index contributed by atoms with van der Waals surface area (Å²) in [6.45, 7) is 2.84. The van der Waals surface area contributed by atoms with Crippen LogP contribution >= 0.6 is 11.9 Å². The molecule has 0 saturated carbocycles. The molecule has 0 unspecified atom stereocenters. The van der Waals surface area contributed by atoms with Crippen LogP contribution in [0.5, 0.6) is 0 Å². The zero-order valence-corrected chi connectivity index (χ0v) is 25.9. The summed E-state index contributed by atoms with van der Waals surface area (Å²) >= 11 is 1.72. The summed E-state index contributed by atoms with van der Waals surface area (Å²) in [7, 11) is 2.01. The maximum atomic E-state index is 13.7. The number of aromatic nitrogens is 1. The van der Waals surface area contributed by atoms with Crippen LogP contribution < -0.4 is 14.9 Å². The molecule has 2 atom stereocenters. The number of carboxylic acid groups (broad SMARTS) is 1. The highest BCUT2D eigenvalue weighted by atomic mass is 32.2. The van der Waals surface area contributed by atoms with Crippen molar-refractivity contribution in [3.63, 3.8) is 0 Å². The van der Waals surface area contributed by atoms with Crippen LogP contribution in [0.3, 0.4) is 0 Å². The number of aryl methyl sites for hydroxylation is 2. The molecule has 45 heavy (non-hydrogen) atoms. The summed E-state index contributed by atoms with van der Waals surface area (Å²) in [4.78, 5) is 22.1. The molecule has 240 valence electrons. The maximum Gasteiger partial charge on any atom is 0.416 e. The summed E-state index contributed by atoms with van der Waals surface area (Å²) in [6.07, 6.45) is -1.90. The molecule has 0 radical (unpaired) electrons. The Morgan fingerprint density at radius 3 is 2.49 bits per heavy atom. The van der Waals surface area contributed by atoms with Crippen molar-refractivity contribution < 1.29 is 33.0 Å². The van der Waals surface area contributed by atoms with Gasteiger partial charge >= 0.3 is 6.18 Å². The summed E-state index contributed by atoms with van der Waals surface area (Å²) in [5.41, 5.74) is 4.47. The molecule has 4 aromatic rings. The Morgan fingerprint density at radius 1 is 1.09 bits per heavy atom. The first kappa shape index (κ1) is 33.9. The third-order valence-electron chi connectivity index (χ3n) is 7.65. The summed E-state index contributed by atoms with van der Waals surface area (Å²) in [6, 6.07) is 17.9. The molecule has 12 heteroatoms. The van der Waals surface area contributed by atoms with E-state index in [4.69, 9.17) is 9.90 Å². The van der Waals surface area contributed by atoms with E-state index >= 15 is 0 Å².